The smallest absolute Gasteiger partial charge is 0.289 e. The van der Waals surface area contributed by atoms with Crippen molar-refractivity contribution in [2.45, 2.75) is 52.1 Å². The lowest BCUT2D eigenvalue weighted by Gasteiger charge is -2.49. The number of fused-ring (bicyclic) bond motifs is 1. The van der Waals surface area contributed by atoms with E-state index >= 15 is 0 Å². The van der Waals surface area contributed by atoms with Gasteiger partial charge in [0.25, 0.3) is 5.91 Å². The van der Waals surface area contributed by atoms with Crippen LogP contribution in [0.15, 0.2) is 22.6 Å². The van der Waals surface area contributed by atoms with E-state index in [2.05, 4.69) is 24.8 Å². The van der Waals surface area contributed by atoms with Crippen molar-refractivity contribution in [3.05, 3.63) is 35.1 Å². The van der Waals surface area contributed by atoms with Crippen LogP contribution in [0, 0.1) is 13.8 Å². The first-order chi connectivity index (χ1) is 11.5. The van der Waals surface area contributed by atoms with Gasteiger partial charge in [0.1, 0.15) is 5.58 Å². The van der Waals surface area contributed by atoms with Crippen LogP contribution in [0.1, 0.15) is 47.9 Å². The summed E-state index contributed by atoms with van der Waals surface area (Å²) in [6.07, 6.45) is 3.91. The van der Waals surface area contributed by atoms with E-state index in [1.807, 2.05) is 24.0 Å². The minimum atomic E-state index is 0.0438. The van der Waals surface area contributed by atoms with E-state index in [-0.39, 0.29) is 5.91 Å². The van der Waals surface area contributed by atoms with E-state index in [0.29, 0.717) is 17.8 Å². The summed E-state index contributed by atoms with van der Waals surface area (Å²) >= 11 is 0. The predicted octanol–water partition coefficient (Wildman–Crippen LogP) is 3.75. The highest BCUT2D eigenvalue weighted by Gasteiger charge is 2.39. The molecule has 1 aromatic heterocycles. The first kappa shape index (κ1) is 15.7. The van der Waals surface area contributed by atoms with Crippen LogP contribution in [0.5, 0.6) is 0 Å². The Morgan fingerprint density at radius 2 is 2.00 bits per heavy atom. The molecule has 3 heterocycles. The van der Waals surface area contributed by atoms with Crippen molar-refractivity contribution in [2.24, 2.45) is 0 Å². The first-order valence-electron chi connectivity index (χ1n) is 9.09. The highest BCUT2D eigenvalue weighted by Crippen LogP contribution is 2.30. The molecule has 0 unspecified atom stereocenters. The molecule has 4 nitrogen and oxygen atoms in total. The van der Waals surface area contributed by atoms with Gasteiger partial charge in [0.2, 0.25) is 0 Å². The fraction of sp³-hybridized carbons (Fsp3) is 0.550. The van der Waals surface area contributed by atoms with Crippen molar-refractivity contribution in [3.63, 3.8) is 0 Å². The topological polar surface area (TPSA) is 36.7 Å². The number of benzene rings is 1. The quantitative estimate of drug-likeness (QED) is 0.843. The van der Waals surface area contributed by atoms with Crippen molar-refractivity contribution in [3.8, 4) is 0 Å². The lowest BCUT2D eigenvalue weighted by atomic mass is 9.97. The van der Waals surface area contributed by atoms with Crippen LogP contribution in [-0.4, -0.2) is 47.4 Å². The standard InChI is InChI=1S/C20H26N2O2/c1-13-7-8-18-17(10-13)15(3)19(24-18)20(23)21-11-16(12-21)22-9-5-4-6-14(22)2/h7-8,10,14,16H,4-6,9,11-12H2,1-3H3/t14-/m0/s1. The van der Waals surface area contributed by atoms with E-state index < -0.39 is 0 Å². The van der Waals surface area contributed by atoms with Gasteiger partial charge in [-0.1, -0.05) is 18.1 Å². The van der Waals surface area contributed by atoms with Crippen LogP contribution in [0.4, 0.5) is 0 Å². The maximum atomic E-state index is 12.8. The second kappa shape index (κ2) is 5.92. The average Bonchev–Trinajstić information content (AvgIpc) is 2.84. The molecule has 0 radical (unpaired) electrons. The SMILES string of the molecule is Cc1ccc2oc(C(=O)N3CC(N4CCCC[C@@H]4C)C3)c(C)c2c1. The van der Waals surface area contributed by atoms with Gasteiger partial charge >= 0.3 is 0 Å². The zero-order valence-electron chi connectivity index (χ0n) is 14.8. The Kier molecular flexibility index (Phi) is 3.87. The molecule has 1 amide bonds. The van der Waals surface area contributed by atoms with Crippen molar-refractivity contribution < 1.29 is 9.21 Å². The minimum absolute atomic E-state index is 0.0438. The number of hydrogen-bond donors (Lipinski definition) is 0. The van der Waals surface area contributed by atoms with Gasteiger partial charge in [0, 0.05) is 36.1 Å². The largest absolute Gasteiger partial charge is 0.451 e. The van der Waals surface area contributed by atoms with E-state index in [0.717, 1.165) is 29.6 Å². The van der Waals surface area contributed by atoms with Gasteiger partial charge in [-0.15, -0.1) is 0 Å². The van der Waals surface area contributed by atoms with Crippen LogP contribution in [0.3, 0.4) is 0 Å². The fourth-order valence-electron chi connectivity index (χ4n) is 4.18. The van der Waals surface area contributed by atoms with Gasteiger partial charge in [-0.3, -0.25) is 9.69 Å². The summed E-state index contributed by atoms with van der Waals surface area (Å²) in [4.78, 5) is 17.3. The molecule has 1 aromatic carbocycles. The predicted molar refractivity (Wildman–Crippen MR) is 95.4 cm³/mol. The van der Waals surface area contributed by atoms with E-state index in [1.54, 1.807) is 0 Å². The van der Waals surface area contributed by atoms with Crippen LogP contribution >= 0.6 is 0 Å². The number of hydrogen-bond acceptors (Lipinski definition) is 3. The summed E-state index contributed by atoms with van der Waals surface area (Å²) in [5, 5.41) is 1.06. The molecule has 2 aliphatic rings. The molecule has 0 aliphatic carbocycles. The lowest BCUT2D eigenvalue weighted by Crippen LogP contribution is -2.63. The summed E-state index contributed by atoms with van der Waals surface area (Å²) in [5.74, 6) is 0.558. The third kappa shape index (κ3) is 2.53. The maximum Gasteiger partial charge on any atom is 0.289 e. The highest BCUT2D eigenvalue weighted by atomic mass is 16.3. The molecular formula is C20H26N2O2. The Hall–Kier alpha value is -1.81. The second-order valence-corrected chi connectivity index (χ2v) is 7.50. The fourth-order valence-corrected chi connectivity index (χ4v) is 4.18. The number of piperidine rings is 1. The zero-order chi connectivity index (χ0) is 16.8. The molecule has 0 spiro atoms. The van der Waals surface area contributed by atoms with Crippen molar-refractivity contribution >= 4 is 16.9 Å². The van der Waals surface area contributed by atoms with E-state index in [1.165, 1.54) is 31.4 Å². The Balaban J connectivity index is 1.49. The van der Waals surface area contributed by atoms with Gasteiger partial charge in [0.15, 0.2) is 5.76 Å². The van der Waals surface area contributed by atoms with Gasteiger partial charge in [-0.25, -0.2) is 0 Å². The number of aryl methyl sites for hydroxylation is 2. The van der Waals surface area contributed by atoms with Crippen molar-refractivity contribution in [1.82, 2.24) is 9.80 Å². The van der Waals surface area contributed by atoms with E-state index in [4.69, 9.17) is 4.42 Å². The number of carbonyl (C=O) groups excluding carboxylic acids is 1. The minimum Gasteiger partial charge on any atom is -0.451 e. The number of amides is 1. The molecule has 24 heavy (non-hydrogen) atoms. The number of likely N-dealkylation sites (tertiary alicyclic amines) is 2. The van der Waals surface area contributed by atoms with E-state index in [9.17, 15) is 4.79 Å². The normalized spacial score (nSPS) is 22.8. The molecule has 0 saturated carbocycles. The number of nitrogens with zero attached hydrogens (tertiary/aromatic N) is 2. The monoisotopic (exact) mass is 326 g/mol. The van der Waals surface area contributed by atoms with Crippen LogP contribution in [0.25, 0.3) is 11.0 Å². The number of carbonyl (C=O) groups is 1. The molecule has 0 bridgehead atoms. The molecular weight excluding hydrogens is 300 g/mol. The molecule has 4 heteroatoms. The molecule has 0 N–H and O–H groups in total. The van der Waals surface area contributed by atoms with Gasteiger partial charge in [0.05, 0.1) is 0 Å². The number of furan rings is 1. The van der Waals surface area contributed by atoms with Crippen molar-refractivity contribution in [1.29, 1.82) is 0 Å². The van der Waals surface area contributed by atoms with Gasteiger partial charge < -0.3 is 9.32 Å². The molecule has 128 valence electrons. The molecule has 2 aliphatic heterocycles. The Morgan fingerprint density at radius 3 is 2.75 bits per heavy atom. The molecule has 1 atom stereocenters. The Labute approximate surface area is 143 Å². The lowest BCUT2D eigenvalue weighted by molar-refractivity contribution is 0.000586. The van der Waals surface area contributed by atoms with Crippen LogP contribution < -0.4 is 0 Å². The summed E-state index contributed by atoms with van der Waals surface area (Å²) in [5.41, 5.74) is 2.96. The van der Waals surface area contributed by atoms with Gasteiger partial charge in [-0.05, 0) is 52.3 Å². The van der Waals surface area contributed by atoms with Crippen LogP contribution in [0.2, 0.25) is 0 Å². The first-order valence-corrected chi connectivity index (χ1v) is 9.09. The summed E-state index contributed by atoms with van der Waals surface area (Å²) in [7, 11) is 0. The van der Waals surface area contributed by atoms with Crippen LogP contribution in [-0.2, 0) is 0 Å². The van der Waals surface area contributed by atoms with Crippen molar-refractivity contribution in [2.75, 3.05) is 19.6 Å². The van der Waals surface area contributed by atoms with Gasteiger partial charge in [-0.2, -0.15) is 0 Å². The average molecular weight is 326 g/mol. The maximum absolute atomic E-state index is 12.8. The second-order valence-electron chi connectivity index (χ2n) is 7.50. The zero-order valence-corrected chi connectivity index (χ0v) is 14.8. The third-order valence-corrected chi connectivity index (χ3v) is 5.76. The molecule has 4 rings (SSSR count). The third-order valence-electron chi connectivity index (χ3n) is 5.76. The highest BCUT2D eigenvalue weighted by molar-refractivity contribution is 5.99. The summed E-state index contributed by atoms with van der Waals surface area (Å²) in [6, 6.07) is 7.26. The molecule has 2 saturated heterocycles. The summed E-state index contributed by atoms with van der Waals surface area (Å²) in [6.45, 7) is 9.21. The molecule has 2 aromatic rings. The Morgan fingerprint density at radius 1 is 1.21 bits per heavy atom. The Bertz CT molecular complexity index is 773. The molecule has 2 fully saturated rings. The summed E-state index contributed by atoms with van der Waals surface area (Å²) < 4.78 is 5.87. The number of rotatable bonds is 2.